The van der Waals surface area contributed by atoms with Crippen LogP contribution in [-0.2, 0) is 25.0 Å². The zero-order valence-electron chi connectivity index (χ0n) is 17.7. The smallest absolute Gasteiger partial charge is 0.281 e. The maximum Gasteiger partial charge on any atom is 0.281 e. The van der Waals surface area contributed by atoms with E-state index in [9.17, 15) is 21.6 Å². The van der Waals surface area contributed by atoms with Crippen LogP contribution in [-0.4, -0.2) is 93.9 Å². The van der Waals surface area contributed by atoms with Crippen LogP contribution >= 0.6 is 0 Å². The predicted octanol–water partition coefficient (Wildman–Crippen LogP) is 0.346. The van der Waals surface area contributed by atoms with Crippen molar-refractivity contribution in [1.82, 2.24) is 17.8 Å². The van der Waals surface area contributed by atoms with Crippen LogP contribution in [0.25, 0.3) is 0 Å². The van der Waals surface area contributed by atoms with Crippen LogP contribution in [0.2, 0.25) is 0 Å². The molecule has 0 aromatic heterocycles. The summed E-state index contributed by atoms with van der Waals surface area (Å²) < 4.78 is 54.4. The summed E-state index contributed by atoms with van der Waals surface area (Å²) >= 11 is 0. The number of sulfonamides is 1. The molecule has 9 nitrogen and oxygen atoms in total. The van der Waals surface area contributed by atoms with Crippen LogP contribution in [0.4, 0.5) is 0 Å². The van der Waals surface area contributed by atoms with Crippen molar-refractivity contribution < 1.29 is 21.6 Å². The van der Waals surface area contributed by atoms with E-state index >= 15 is 0 Å². The van der Waals surface area contributed by atoms with Crippen LogP contribution in [0.1, 0.15) is 18.4 Å². The summed E-state index contributed by atoms with van der Waals surface area (Å²) in [5.74, 6) is -0.491. The summed E-state index contributed by atoms with van der Waals surface area (Å²) in [5.41, 5.74) is 0.988. The third-order valence-electron chi connectivity index (χ3n) is 5.73. The lowest BCUT2D eigenvalue weighted by atomic mass is 9.98. The van der Waals surface area contributed by atoms with Gasteiger partial charge in [-0.3, -0.25) is 4.79 Å². The summed E-state index contributed by atoms with van der Waals surface area (Å²) in [6.45, 7) is 3.55. The lowest BCUT2D eigenvalue weighted by molar-refractivity contribution is -0.137. The van der Waals surface area contributed by atoms with Gasteiger partial charge in [-0.25, -0.2) is 8.42 Å². The maximum atomic E-state index is 13.0. The Morgan fingerprint density at radius 3 is 2.10 bits per heavy atom. The first kappa shape index (κ1) is 23.1. The SMILES string of the molecule is Cc1ccc(S(=O)(=O)N2CCN(C(=O)[C@@H]3CCCN(S(=O)(=O)N(C)C)C3)CC2)cc1. The number of piperidine rings is 1. The van der Waals surface area contributed by atoms with Gasteiger partial charge in [0.25, 0.3) is 10.2 Å². The average molecular weight is 459 g/mol. The Morgan fingerprint density at radius 1 is 0.933 bits per heavy atom. The summed E-state index contributed by atoms with van der Waals surface area (Å²) in [5, 5.41) is 0. The minimum absolute atomic E-state index is 0.0963. The second-order valence-corrected chi connectivity index (χ2v) is 12.1. The molecule has 2 heterocycles. The first-order valence-corrected chi connectivity index (χ1v) is 12.9. The minimum Gasteiger partial charge on any atom is -0.340 e. The molecule has 2 aliphatic heterocycles. The molecule has 0 saturated carbocycles. The molecule has 0 spiro atoms. The van der Waals surface area contributed by atoms with E-state index in [1.807, 2.05) is 6.92 Å². The van der Waals surface area contributed by atoms with E-state index < -0.39 is 26.2 Å². The zero-order valence-corrected chi connectivity index (χ0v) is 19.3. The van der Waals surface area contributed by atoms with Gasteiger partial charge in [0, 0.05) is 53.4 Å². The van der Waals surface area contributed by atoms with Gasteiger partial charge >= 0.3 is 0 Å². The number of aryl methyl sites for hydroxylation is 1. The van der Waals surface area contributed by atoms with Gasteiger partial charge in [0.15, 0.2) is 0 Å². The van der Waals surface area contributed by atoms with Gasteiger partial charge in [-0.2, -0.15) is 21.3 Å². The molecule has 30 heavy (non-hydrogen) atoms. The number of piperazine rings is 1. The molecule has 0 bridgehead atoms. The van der Waals surface area contributed by atoms with Crippen LogP contribution < -0.4 is 0 Å². The molecule has 2 saturated heterocycles. The summed E-state index contributed by atoms with van der Waals surface area (Å²) in [6.07, 6.45) is 1.27. The summed E-state index contributed by atoms with van der Waals surface area (Å²) in [6, 6.07) is 6.74. The monoisotopic (exact) mass is 458 g/mol. The molecule has 2 fully saturated rings. The number of nitrogens with zero attached hydrogens (tertiary/aromatic N) is 4. The number of carbonyl (C=O) groups excluding carboxylic acids is 1. The Hall–Kier alpha value is -1.53. The highest BCUT2D eigenvalue weighted by Gasteiger charge is 2.37. The molecule has 0 N–H and O–H groups in total. The average Bonchev–Trinajstić information content (AvgIpc) is 2.73. The van der Waals surface area contributed by atoms with Crippen LogP contribution in [0.15, 0.2) is 29.2 Å². The van der Waals surface area contributed by atoms with E-state index in [1.54, 1.807) is 29.2 Å². The molecule has 0 unspecified atom stereocenters. The molecule has 1 aromatic carbocycles. The number of hydrogen-bond donors (Lipinski definition) is 0. The largest absolute Gasteiger partial charge is 0.340 e. The normalized spacial score (nSPS) is 22.4. The first-order chi connectivity index (χ1) is 14.0. The molecule has 1 atom stereocenters. The van der Waals surface area contributed by atoms with Crippen molar-refractivity contribution in [3.63, 3.8) is 0 Å². The zero-order chi connectivity index (χ0) is 22.1. The molecular weight excluding hydrogens is 428 g/mol. The second kappa shape index (κ2) is 8.91. The van der Waals surface area contributed by atoms with Gasteiger partial charge in [-0.05, 0) is 31.9 Å². The van der Waals surface area contributed by atoms with Crippen molar-refractivity contribution in [3.05, 3.63) is 29.8 Å². The summed E-state index contributed by atoms with van der Waals surface area (Å²) in [7, 11) is -4.18. The first-order valence-electron chi connectivity index (χ1n) is 10.1. The van der Waals surface area contributed by atoms with E-state index in [1.165, 1.54) is 22.7 Å². The number of hydrogen-bond acceptors (Lipinski definition) is 5. The lowest BCUT2D eigenvalue weighted by Gasteiger charge is -2.38. The Labute approximate surface area is 179 Å². The van der Waals surface area contributed by atoms with Crippen LogP contribution in [0, 0.1) is 12.8 Å². The standard InChI is InChI=1S/C19H30N4O5S2/c1-16-6-8-18(9-7-16)29(25,26)22-13-11-21(12-14-22)19(24)17-5-4-10-23(15-17)30(27,28)20(2)3/h6-9,17H,4-5,10-15H2,1-3H3/t17-/m1/s1. The number of amides is 1. The number of benzene rings is 1. The van der Waals surface area contributed by atoms with E-state index in [2.05, 4.69) is 0 Å². The molecule has 0 radical (unpaired) electrons. The minimum atomic E-state index is -3.59. The fourth-order valence-electron chi connectivity index (χ4n) is 3.85. The van der Waals surface area contributed by atoms with Gasteiger partial charge < -0.3 is 4.90 Å². The number of rotatable bonds is 5. The van der Waals surface area contributed by atoms with E-state index in [4.69, 9.17) is 0 Å². The Morgan fingerprint density at radius 2 is 1.53 bits per heavy atom. The van der Waals surface area contributed by atoms with Crippen molar-refractivity contribution in [1.29, 1.82) is 0 Å². The van der Waals surface area contributed by atoms with E-state index in [0.717, 1.165) is 9.87 Å². The van der Waals surface area contributed by atoms with Gasteiger partial charge in [-0.15, -0.1) is 0 Å². The Bertz CT molecular complexity index is 969. The highest BCUT2D eigenvalue weighted by molar-refractivity contribution is 7.89. The molecule has 3 rings (SSSR count). The quantitative estimate of drug-likeness (QED) is 0.634. The second-order valence-electron chi connectivity index (χ2n) is 8.03. The van der Waals surface area contributed by atoms with E-state index in [0.29, 0.717) is 32.5 Å². The molecular formula is C19H30N4O5S2. The fourth-order valence-corrected chi connectivity index (χ4v) is 6.46. The van der Waals surface area contributed by atoms with Crippen molar-refractivity contribution in [2.24, 2.45) is 5.92 Å². The molecule has 11 heteroatoms. The molecule has 1 amide bonds. The van der Waals surface area contributed by atoms with Crippen LogP contribution in [0.5, 0.6) is 0 Å². The predicted molar refractivity (Wildman–Crippen MR) is 113 cm³/mol. The van der Waals surface area contributed by atoms with Crippen molar-refractivity contribution in [3.8, 4) is 0 Å². The highest BCUT2D eigenvalue weighted by atomic mass is 32.2. The Balaban J connectivity index is 1.62. The van der Waals surface area contributed by atoms with E-state index in [-0.39, 0.29) is 30.4 Å². The highest BCUT2D eigenvalue weighted by Crippen LogP contribution is 2.24. The van der Waals surface area contributed by atoms with Gasteiger partial charge in [0.05, 0.1) is 10.8 Å². The van der Waals surface area contributed by atoms with Gasteiger partial charge in [0.2, 0.25) is 15.9 Å². The third-order valence-corrected chi connectivity index (χ3v) is 9.55. The molecule has 2 aliphatic rings. The maximum absolute atomic E-state index is 13.0. The fraction of sp³-hybridized carbons (Fsp3) is 0.632. The molecule has 168 valence electrons. The van der Waals surface area contributed by atoms with Crippen molar-refractivity contribution >= 4 is 26.1 Å². The van der Waals surface area contributed by atoms with Crippen LogP contribution in [0.3, 0.4) is 0 Å². The molecule has 0 aliphatic carbocycles. The lowest BCUT2D eigenvalue weighted by Crippen LogP contribution is -2.54. The van der Waals surface area contributed by atoms with Gasteiger partial charge in [-0.1, -0.05) is 17.7 Å². The summed E-state index contributed by atoms with van der Waals surface area (Å²) in [4.78, 5) is 14.9. The van der Waals surface area contributed by atoms with Gasteiger partial charge in [0.1, 0.15) is 0 Å². The topological polar surface area (TPSA) is 98.3 Å². The number of carbonyl (C=O) groups is 1. The molecule has 1 aromatic rings. The third kappa shape index (κ3) is 4.70. The van der Waals surface area contributed by atoms with Crippen molar-refractivity contribution in [2.75, 3.05) is 53.4 Å². The van der Waals surface area contributed by atoms with Crippen molar-refractivity contribution in [2.45, 2.75) is 24.7 Å². The Kier molecular flexibility index (Phi) is 6.87.